The lowest BCUT2D eigenvalue weighted by Gasteiger charge is -2.06. The van der Waals surface area contributed by atoms with E-state index >= 15 is 0 Å². The predicted molar refractivity (Wildman–Crippen MR) is 92.3 cm³/mol. The zero-order valence-corrected chi connectivity index (χ0v) is 13.4. The third-order valence-electron chi connectivity index (χ3n) is 3.78. The molecule has 0 unspecified atom stereocenters. The van der Waals surface area contributed by atoms with Crippen molar-refractivity contribution in [3.05, 3.63) is 53.7 Å². The van der Waals surface area contributed by atoms with Crippen molar-refractivity contribution in [1.82, 2.24) is 0 Å². The number of hydrogen-bond donors (Lipinski definition) is 1. The van der Waals surface area contributed by atoms with Crippen LogP contribution in [0.2, 0.25) is 0 Å². The van der Waals surface area contributed by atoms with E-state index in [9.17, 15) is 0 Å². The number of benzene rings is 1. The molecule has 1 aromatic carbocycles. The van der Waals surface area contributed by atoms with Crippen molar-refractivity contribution in [3.63, 3.8) is 0 Å². The van der Waals surface area contributed by atoms with Crippen molar-refractivity contribution in [2.75, 3.05) is 5.73 Å². The number of nitrogen functional groups attached to an aromatic ring is 1. The lowest BCUT2D eigenvalue weighted by Crippen LogP contribution is -2.30. The highest BCUT2D eigenvalue weighted by Crippen LogP contribution is 2.41. The number of hydrogen-bond acceptors (Lipinski definition) is 2. The van der Waals surface area contributed by atoms with E-state index in [0.29, 0.717) is 0 Å². The molecule has 0 aliphatic heterocycles. The number of allylic oxidation sites excluding steroid dienone is 1. The first kappa shape index (κ1) is 13.8. The Morgan fingerprint density at radius 2 is 2.00 bits per heavy atom. The summed E-state index contributed by atoms with van der Waals surface area (Å²) in [7, 11) is 2.08. The first-order valence-electron chi connectivity index (χ1n) is 7.02. The van der Waals surface area contributed by atoms with E-state index in [1.807, 2.05) is 19.1 Å². The van der Waals surface area contributed by atoms with Gasteiger partial charge in [-0.2, -0.15) is 0 Å². The van der Waals surface area contributed by atoms with E-state index in [1.54, 1.807) is 11.3 Å². The molecule has 0 aliphatic carbocycles. The van der Waals surface area contributed by atoms with Crippen LogP contribution in [0.25, 0.3) is 27.4 Å². The molecule has 0 fully saturated rings. The van der Waals surface area contributed by atoms with E-state index in [0.717, 1.165) is 10.6 Å². The fourth-order valence-electron chi connectivity index (χ4n) is 2.74. The summed E-state index contributed by atoms with van der Waals surface area (Å²) in [5, 5.41) is 2.12. The molecule has 2 N–H and O–H groups in total. The van der Waals surface area contributed by atoms with Gasteiger partial charge in [0.15, 0.2) is 6.20 Å². The highest BCUT2D eigenvalue weighted by atomic mass is 32.1. The first-order chi connectivity index (χ1) is 10.1. The Kier molecular flexibility index (Phi) is 3.52. The second kappa shape index (κ2) is 5.34. The fraction of sp³-hybridized carbons (Fsp3) is 0.167. The van der Waals surface area contributed by atoms with Gasteiger partial charge in [0.2, 0.25) is 5.69 Å². The third kappa shape index (κ3) is 2.24. The lowest BCUT2D eigenvalue weighted by atomic mass is 10.0. The van der Waals surface area contributed by atoms with Crippen LogP contribution in [0.15, 0.2) is 42.6 Å². The molecular weight excluding hydrogens is 276 g/mol. The number of aromatic nitrogens is 1. The van der Waals surface area contributed by atoms with Crippen LogP contribution in [0.5, 0.6) is 0 Å². The summed E-state index contributed by atoms with van der Waals surface area (Å²) in [6, 6.07) is 10.7. The van der Waals surface area contributed by atoms with Crippen molar-refractivity contribution < 1.29 is 4.57 Å². The van der Waals surface area contributed by atoms with Crippen LogP contribution in [0.3, 0.4) is 0 Å². The van der Waals surface area contributed by atoms with E-state index in [-0.39, 0.29) is 0 Å². The third-order valence-corrected chi connectivity index (χ3v) is 4.85. The van der Waals surface area contributed by atoms with Gasteiger partial charge < -0.3 is 5.73 Å². The van der Waals surface area contributed by atoms with Gasteiger partial charge in [0, 0.05) is 23.1 Å². The minimum absolute atomic E-state index is 0.883. The first-order valence-corrected chi connectivity index (χ1v) is 7.84. The quantitative estimate of drug-likeness (QED) is 0.701. The molecule has 0 bridgehead atoms. The highest BCUT2D eigenvalue weighted by molar-refractivity contribution is 7.23. The van der Waals surface area contributed by atoms with Gasteiger partial charge in [-0.15, -0.1) is 11.3 Å². The monoisotopic (exact) mass is 295 g/mol. The van der Waals surface area contributed by atoms with Gasteiger partial charge in [-0.1, -0.05) is 24.3 Å². The van der Waals surface area contributed by atoms with E-state index in [4.69, 9.17) is 5.73 Å². The topological polar surface area (TPSA) is 29.9 Å². The smallest absolute Gasteiger partial charge is 0.213 e. The molecule has 0 atom stereocenters. The minimum atomic E-state index is 0.883. The summed E-state index contributed by atoms with van der Waals surface area (Å²) in [5.74, 6) is 0. The summed E-state index contributed by atoms with van der Waals surface area (Å²) in [6.45, 7) is 4.18. The molecule has 0 spiro atoms. The van der Waals surface area contributed by atoms with Crippen molar-refractivity contribution in [3.8, 4) is 11.3 Å². The summed E-state index contributed by atoms with van der Waals surface area (Å²) < 4.78 is 3.43. The minimum Gasteiger partial charge on any atom is -0.390 e. The molecule has 0 amide bonds. The van der Waals surface area contributed by atoms with Crippen LogP contribution in [0, 0.1) is 6.92 Å². The van der Waals surface area contributed by atoms with Crippen LogP contribution in [-0.2, 0) is 7.05 Å². The van der Waals surface area contributed by atoms with Crippen molar-refractivity contribution in [1.29, 1.82) is 0 Å². The Balaban J connectivity index is 2.40. The van der Waals surface area contributed by atoms with Crippen LogP contribution >= 0.6 is 11.3 Å². The SMILES string of the molecule is C/C=C\c1c(N)sc2c(-c3cccc[n+]3C)c(C)ccc12. The number of thiophene rings is 1. The Morgan fingerprint density at radius 3 is 2.71 bits per heavy atom. The Morgan fingerprint density at radius 1 is 1.19 bits per heavy atom. The molecule has 3 rings (SSSR count). The molecule has 2 nitrogen and oxygen atoms in total. The van der Waals surface area contributed by atoms with Crippen molar-refractivity contribution >= 4 is 32.5 Å². The molecule has 0 aliphatic rings. The average molecular weight is 295 g/mol. The maximum Gasteiger partial charge on any atom is 0.213 e. The fourth-order valence-corrected chi connectivity index (χ4v) is 3.90. The Hall–Kier alpha value is -2.13. The van der Waals surface area contributed by atoms with Gasteiger partial charge in [0.05, 0.1) is 15.3 Å². The molecule has 106 valence electrons. The number of nitrogens with zero attached hydrogens (tertiary/aromatic N) is 1. The number of anilines is 1. The number of fused-ring (bicyclic) bond motifs is 1. The molecule has 2 aromatic heterocycles. The van der Waals surface area contributed by atoms with Gasteiger partial charge >= 0.3 is 0 Å². The van der Waals surface area contributed by atoms with Gasteiger partial charge in [0.25, 0.3) is 0 Å². The van der Waals surface area contributed by atoms with Crippen molar-refractivity contribution in [2.24, 2.45) is 7.05 Å². The predicted octanol–water partition coefficient (Wildman–Crippen LogP) is 4.32. The summed E-state index contributed by atoms with van der Waals surface area (Å²) >= 11 is 1.68. The molecule has 2 heterocycles. The maximum absolute atomic E-state index is 6.23. The second-order valence-corrected chi connectivity index (χ2v) is 6.26. The Labute approximate surface area is 129 Å². The number of rotatable bonds is 2. The van der Waals surface area contributed by atoms with Gasteiger partial charge in [-0.25, -0.2) is 4.57 Å². The molecule has 0 radical (unpaired) electrons. The largest absolute Gasteiger partial charge is 0.390 e. The number of pyridine rings is 1. The molecule has 21 heavy (non-hydrogen) atoms. The van der Waals surface area contributed by atoms with Crippen molar-refractivity contribution in [2.45, 2.75) is 13.8 Å². The normalized spacial score (nSPS) is 11.6. The number of aryl methyl sites for hydroxylation is 2. The maximum atomic E-state index is 6.23. The van der Waals surface area contributed by atoms with E-state index in [1.165, 1.54) is 26.9 Å². The average Bonchev–Trinajstić information content (AvgIpc) is 2.77. The highest BCUT2D eigenvalue weighted by Gasteiger charge is 2.19. The summed E-state index contributed by atoms with van der Waals surface area (Å²) in [5.41, 5.74) is 11.1. The van der Waals surface area contributed by atoms with Crippen LogP contribution < -0.4 is 10.3 Å². The zero-order chi connectivity index (χ0) is 15.0. The standard InChI is InChI=1S/C18H19N2S/c1-4-7-14-13-10-9-12(2)16(17(13)21-18(14)19)15-8-5-6-11-20(15)3/h4-11H,19H2,1-3H3/q+1/b7-4-. The van der Waals surface area contributed by atoms with Gasteiger partial charge in [-0.3, -0.25) is 0 Å². The van der Waals surface area contributed by atoms with Crippen LogP contribution in [0.4, 0.5) is 5.00 Å². The lowest BCUT2D eigenvalue weighted by molar-refractivity contribution is -0.660. The molecule has 0 saturated carbocycles. The van der Waals surface area contributed by atoms with Crippen LogP contribution in [-0.4, -0.2) is 0 Å². The molecule has 3 aromatic rings. The summed E-state index contributed by atoms with van der Waals surface area (Å²) in [4.78, 5) is 0. The zero-order valence-electron chi connectivity index (χ0n) is 12.6. The van der Waals surface area contributed by atoms with Gasteiger partial charge in [0.1, 0.15) is 7.05 Å². The second-order valence-electron chi connectivity index (χ2n) is 5.21. The van der Waals surface area contributed by atoms with E-state index in [2.05, 4.69) is 55.1 Å². The molecule has 0 saturated heterocycles. The van der Waals surface area contributed by atoms with E-state index < -0.39 is 0 Å². The van der Waals surface area contributed by atoms with Crippen LogP contribution in [0.1, 0.15) is 18.1 Å². The Bertz CT molecular complexity index is 844. The number of nitrogens with two attached hydrogens (primary N) is 1. The van der Waals surface area contributed by atoms with Gasteiger partial charge in [-0.05, 0) is 25.5 Å². The molecular formula is C18H19N2S+. The summed E-state index contributed by atoms with van der Waals surface area (Å²) in [6.07, 6.45) is 6.22. The molecule has 3 heteroatoms.